The first kappa shape index (κ1) is 13.8. The molecule has 0 amide bonds. The van der Waals surface area contributed by atoms with Crippen molar-refractivity contribution in [1.29, 1.82) is 0 Å². The first-order chi connectivity index (χ1) is 8.22. The average Bonchev–Trinajstić information content (AvgIpc) is 2.38. The van der Waals surface area contributed by atoms with E-state index in [4.69, 9.17) is 4.74 Å². The van der Waals surface area contributed by atoms with E-state index in [2.05, 4.69) is 51.1 Å². The number of ether oxygens (including phenoxy) is 1. The van der Waals surface area contributed by atoms with Gasteiger partial charge >= 0.3 is 0 Å². The smallest absolute Gasteiger partial charge is 0.119 e. The summed E-state index contributed by atoms with van der Waals surface area (Å²) in [5.74, 6) is 1.54. The molecule has 94 valence electrons. The van der Waals surface area contributed by atoms with Crippen molar-refractivity contribution in [2.24, 2.45) is 0 Å². The fraction of sp³-hybridized carbons (Fsp3) is 0.500. The van der Waals surface area contributed by atoms with E-state index in [9.17, 15) is 0 Å². The van der Waals surface area contributed by atoms with Crippen LogP contribution < -0.4 is 4.74 Å². The Hall–Kier alpha value is -1.24. The van der Waals surface area contributed by atoms with Crippen LogP contribution in [0.1, 0.15) is 50.7 Å². The van der Waals surface area contributed by atoms with Gasteiger partial charge in [0.05, 0.1) is 7.11 Å². The summed E-state index contributed by atoms with van der Waals surface area (Å²) in [5, 5.41) is 0. The van der Waals surface area contributed by atoms with Crippen LogP contribution in [-0.2, 0) is 6.42 Å². The standard InChI is InChI=1S/C16H24O/c1-5-7-8-9-13(3)16-11-10-15(17-4)12-14(16)6-2/h7-8,10-13H,5-6,9H2,1-4H3/b8-7-. The minimum Gasteiger partial charge on any atom is -0.497 e. The second-order valence-corrected chi connectivity index (χ2v) is 4.43. The number of allylic oxidation sites excluding steroid dienone is 2. The van der Waals surface area contributed by atoms with Gasteiger partial charge in [-0.3, -0.25) is 0 Å². The van der Waals surface area contributed by atoms with Crippen molar-refractivity contribution in [1.82, 2.24) is 0 Å². The molecule has 0 heterocycles. The predicted octanol–water partition coefficient (Wildman–Crippen LogP) is 4.72. The lowest BCUT2D eigenvalue weighted by Crippen LogP contribution is -1.98. The third kappa shape index (κ3) is 3.92. The van der Waals surface area contributed by atoms with Gasteiger partial charge in [-0.2, -0.15) is 0 Å². The SMILES string of the molecule is CC/C=C\CC(C)c1ccc(OC)cc1CC. The fourth-order valence-electron chi connectivity index (χ4n) is 2.09. The van der Waals surface area contributed by atoms with E-state index in [1.165, 1.54) is 11.1 Å². The van der Waals surface area contributed by atoms with Crippen LogP contribution in [0.3, 0.4) is 0 Å². The molecule has 0 saturated heterocycles. The zero-order valence-corrected chi connectivity index (χ0v) is 11.5. The molecule has 0 saturated carbocycles. The van der Waals surface area contributed by atoms with Crippen LogP contribution in [0.25, 0.3) is 0 Å². The van der Waals surface area contributed by atoms with Crippen molar-refractivity contribution in [2.45, 2.75) is 46.0 Å². The molecule has 0 aliphatic carbocycles. The molecule has 1 heteroatoms. The zero-order chi connectivity index (χ0) is 12.7. The summed E-state index contributed by atoms with van der Waals surface area (Å²) in [6.45, 7) is 6.67. The Morgan fingerprint density at radius 1 is 1.24 bits per heavy atom. The molecular weight excluding hydrogens is 208 g/mol. The molecule has 17 heavy (non-hydrogen) atoms. The lowest BCUT2D eigenvalue weighted by molar-refractivity contribution is 0.414. The molecule has 1 rings (SSSR count). The summed E-state index contributed by atoms with van der Waals surface area (Å²) in [7, 11) is 1.72. The van der Waals surface area contributed by atoms with Crippen molar-refractivity contribution in [3.63, 3.8) is 0 Å². The number of hydrogen-bond donors (Lipinski definition) is 0. The second-order valence-electron chi connectivity index (χ2n) is 4.43. The first-order valence-electron chi connectivity index (χ1n) is 6.54. The summed E-state index contributed by atoms with van der Waals surface area (Å²) < 4.78 is 5.28. The molecule has 0 spiro atoms. The Morgan fingerprint density at radius 3 is 2.59 bits per heavy atom. The lowest BCUT2D eigenvalue weighted by atomic mass is 9.91. The van der Waals surface area contributed by atoms with Crippen LogP contribution in [0.4, 0.5) is 0 Å². The Balaban J connectivity index is 2.84. The summed E-state index contributed by atoms with van der Waals surface area (Å²) in [4.78, 5) is 0. The molecule has 1 unspecified atom stereocenters. The molecular formula is C16H24O. The van der Waals surface area contributed by atoms with Crippen LogP contribution in [0.5, 0.6) is 5.75 Å². The fourth-order valence-corrected chi connectivity index (χ4v) is 2.09. The van der Waals surface area contributed by atoms with E-state index < -0.39 is 0 Å². The third-order valence-corrected chi connectivity index (χ3v) is 3.15. The van der Waals surface area contributed by atoms with Gasteiger partial charge in [-0.1, -0.05) is 39.0 Å². The molecule has 1 aromatic carbocycles. The summed E-state index contributed by atoms with van der Waals surface area (Å²) in [6.07, 6.45) is 7.83. The second kappa shape index (κ2) is 7.16. The normalized spacial score (nSPS) is 12.9. The average molecular weight is 232 g/mol. The van der Waals surface area contributed by atoms with E-state index in [1.54, 1.807) is 7.11 Å². The highest BCUT2D eigenvalue weighted by Crippen LogP contribution is 2.27. The maximum Gasteiger partial charge on any atom is 0.119 e. The van der Waals surface area contributed by atoms with E-state index in [-0.39, 0.29) is 0 Å². The highest BCUT2D eigenvalue weighted by Gasteiger charge is 2.09. The zero-order valence-electron chi connectivity index (χ0n) is 11.5. The Morgan fingerprint density at radius 2 is 2.00 bits per heavy atom. The molecule has 0 fully saturated rings. The highest BCUT2D eigenvalue weighted by molar-refractivity contribution is 5.37. The molecule has 0 radical (unpaired) electrons. The van der Waals surface area contributed by atoms with E-state index in [1.807, 2.05) is 0 Å². The van der Waals surface area contributed by atoms with Crippen molar-refractivity contribution < 1.29 is 4.74 Å². The number of methoxy groups -OCH3 is 1. The molecule has 1 nitrogen and oxygen atoms in total. The van der Waals surface area contributed by atoms with Crippen LogP contribution in [-0.4, -0.2) is 7.11 Å². The van der Waals surface area contributed by atoms with E-state index >= 15 is 0 Å². The summed E-state index contributed by atoms with van der Waals surface area (Å²) >= 11 is 0. The van der Waals surface area contributed by atoms with Gasteiger partial charge in [-0.25, -0.2) is 0 Å². The molecule has 0 bridgehead atoms. The van der Waals surface area contributed by atoms with Gasteiger partial charge in [0.25, 0.3) is 0 Å². The molecule has 1 aromatic rings. The minimum atomic E-state index is 0.582. The Kier molecular flexibility index (Phi) is 5.82. The number of benzene rings is 1. The van der Waals surface area contributed by atoms with Gasteiger partial charge < -0.3 is 4.74 Å². The van der Waals surface area contributed by atoms with Crippen LogP contribution >= 0.6 is 0 Å². The van der Waals surface area contributed by atoms with Crippen molar-refractivity contribution in [3.05, 3.63) is 41.5 Å². The Labute approximate surface area is 106 Å². The van der Waals surface area contributed by atoms with Crippen molar-refractivity contribution >= 4 is 0 Å². The van der Waals surface area contributed by atoms with Gasteiger partial charge in [0, 0.05) is 0 Å². The predicted molar refractivity (Wildman–Crippen MR) is 74.8 cm³/mol. The third-order valence-electron chi connectivity index (χ3n) is 3.15. The molecule has 0 aliphatic rings. The van der Waals surface area contributed by atoms with Crippen LogP contribution in [0.15, 0.2) is 30.4 Å². The maximum absolute atomic E-state index is 5.28. The summed E-state index contributed by atoms with van der Waals surface area (Å²) in [6, 6.07) is 6.44. The largest absolute Gasteiger partial charge is 0.497 e. The summed E-state index contributed by atoms with van der Waals surface area (Å²) in [5.41, 5.74) is 2.86. The maximum atomic E-state index is 5.28. The molecule has 1 atom stereocenters. The number of aryl methyl sites for hydroxylation is 1. The Bertz CT molecular complexity index is 366. The first-order valence-corrected chi connectivity index (χ1v) is 6.54. The van der Waals surface area contributed by atoms with Crippen molar-refractivity contribution in [2.75, 3.05) is 7.11 Å². The van der Waals surface area contributed by atoms with Gasteiger partial charge in [0.1, 0.15) is 5.75 Å². The van der Waals surface area contributed by atoms with E-state index in [0.717, 1.165) is 25.0 Å². The highest BCUT2D eigenvalue weighted by atomic mass is 16.5. The van der Waals surface area contributed by atoms with E-state index in [0.29, 0.717) is 5.92 Å². The minimum absolute atomic E-state index is 0.582. The number of hydrogen-bond acceptors (Lipinski definition) is 1. The van der Waals surface area contributed by atoms with Gasteiger partial charge in [-0.05, 0) is 48.4 Å². The van der Waals surface area contributed by atoms with Gasteiger partial charge in [0.15, 0.2) is 0 Å². The van der Waals surface area contributed by atoms with Crippen LogP contribution in [0, 0.1) is 0 Å². The lowest BCUT2D eigenvalue weighted by Gasteiger charge is -2.15. The quantitative estimate of drug-likeness (QED) is 0.645. The number of rotatable bonds is 6. The molecule has 0 aliphatic heterocycles. The van der Waals surface area contributed by atoms with Gasteiger partial charge in [0.2, 0.25) is 0 Å². The van der Waals surface area contributed by atoms with Crippen LogP contribution in [0.2, 0.25) is 0 Å². The molecule has 0 aromatic heterocycles. The molecule has 0 N–H and O–H groups in total. The van der Waals surface area contributed by atoms with Gasteiger partial charge in [-0.15, -0.1) is 0 Å². The topological polar surface area (TPSA) is 9.23 Å². The monoisotopic (exact) mass is 232 g/mol. The van der Waals surface area contributed by atoms with Crippen molar-refractivity contribution in [3.8, 4) is 5.75 Å².